The third-order valence-electron chi connectivity index (χ3n) is 2.87. The molecule has 1 saturated heterocycles. The molecule has 2 rings (SSSR count). The number of nitrogens with zero attached hydrogens (tertiary/aromatic N) is 1. The van der Waals surface area contributed by atoms with E-state index in [1.165, 1.54) is 29.2 Å². The van der Waals surface area contributed by atoms with Gasteiger partial charge in [0.2, 0.25) is 0 Å². The number of aliphatic hydroxyl groups excluding tert-OH is 2. The van der Waals surface area contributed by atoms with E-state index in [2.05, 4.69) is 4.74 Å². The van der Waals surface area contributed by atoms with Gasteiger partial charge in [0.15, 0.2) is 0 Å². The molecular formula is C12H13F2NO4. The fourth-order valence-electron chi connectivity index (χ4n) is 1.90. The number of amides is 1. The molecule has 0 spiro atoms. The van der Waals surface area contributed by atoms with Crippen LogP contribution in [-0.2, 0) is 0 Å². The van der Waals surface area contributed by atoms with Gasteiger partial charge in [0.1, 0.15) is 5.75 Å². The lowest BCUT2D eigenvalue weighted by Crippen LogP contribution is -2.29. The molecule has 0 aliphatic carbocycles. The number of likely N-dealkylation sites (tertiary alicyclic amines) is 1. The number of hydrogen-bond donors (Lipinski definition) is 2. The molecule has 0 saturated carbocycles. The summed E-state index contributed by atoms with van der Waals surface area (Å²) in [6.45, 7) is -2.81. The van der Waals surface area contributed by atoms with Crippen molar-refractivity contribution in [2.75, 3.05) is 13.1 Å². The first-order valence-corrected chi connectivity index (χ1v) is 5.67. The van der Waals surface area contributed by atoms with Crippen LogP contribution < -0.4 is 4.74 Å². The Balaban J connectivity index is 2.04. The van der Waals surface area contributed by atoms with E-state index >= 15 is 0 Å². The number of hydrogen-bond acceptors (Lipinski definition) is 4. The van der Waals surface area contributed by atoms with Gasteiger partial charge in [-0.05, 0) is 24.3 Å². The Morgan fingerprint density at radius 1 is 1.21 bits per heavy atom. The number of halogens is 2. The average Bonchev–Trinajstić information content (AvgIpc) is 2.69. The molecule has 2 unspecified atom stereocenters. The minimum atomic E-state index is -2.91. The van der Waals surface area contributed by atoms with Crippen LogP contribution in [-0.4, -0.2) is 52.9 Å². The minimum Gasteiger partial charge on any atom is -0.435 e. The SMILES string of the molecule is O=C(c1ccc(OC(F)F)cc1)N1CC(O)C(O)C1. The molecule has 1 heterocycles. The molecule has 1 aliphatic rings. The first-order chi connectivity index (χ1) is 8.97. The van der Waals surface area contributed by atoms with Crippen LogP contribution in [0.5, 0.6) is 5.75 Å². The van der Waals surface area contributed by atoms with Gasteiger partial charge in [0.25, 0.3) is 5.91 Å². The summed E-state index contributed by atoms with van der Waals surface area (Å²) in [5.41, 5.74) is 0.280. The van der Waals surface area contributed by atoms with Crippen LogP contribution in [0.2, 0.25) is 0 Å². The van der Waals surface area contributed by atoms with Crippen molar-refractivity contribution in [1.82, 2.24) is 4.90 Å². The van der Waals surface area contributed by atoms with Crippen molar-refractivity contribution in [3.05, 3.63) is 29.8 Å². The number of alkyl halides is 2. The van der Waals surface area contributed by atoms with Crippen LogP contribution in [0.25, 0.3) is 0 Å². The molecule has 0 bridgehead atoms. The lowest BCUT2D eigenvalue weighted by molar-refractivity contribution is -0.0498. The van der Waals surface area contributed by atoms with Crippen LogP contribution in [0.3, 0.4) is 0 Å². The molecule has 104 valence electrons. The van der Waals surface area contributed by atoms with Crippen molar-refractivity contribution < 1.29 is 28.5 Å². The Morgan fingerprint density at radius 2 is 1.74 bits per heavy atom. The van der Waals surface area contributed by atoms with Gasteiger partial charge in [0, 0.05) is 18.7 Å². The highest BCUT2D eigenvalue weighted by Gasteiger charge is 2.32. The zero-order valence-corrected chi connectivity index (χ0v) is 9.87. The normalized spacial score (nSPS) is 22.9. The number of benzene rings is 1. The van der Waals surface area contributed by atoms with Gasteiger partial charge in [-0.2, -0.15) is 8.78 Å². The second-order valence-corrected chi connectivity index (χ2v) is 4.25. The fourth-order valence-corrected chi connectivity index (χ4v) is 1.90. The Labute approximate surface area is 108 Å². The highest BCUT2D eigenvalue weighted by atomic mass is 19.3. The van der Waals surface area contributed by atoms with E-state index in [0.29, 0.717) is 0 Å². The summed E-state index contributed by atoms with van der Waals surface area (Å²) in [4.78, 5) is 13.3. The van der Waals surface area contributed by atoms with Crippen molar-refractivity contribution >= 4 is 5.91 Å². The van der Waals surface area contributed by atoms with E-state index in [9.17, 15) is 23.8 Å². The van der Waals surface area contributed by atoms with Crippen molar-refractivity contribution in [3.63, 3.8) is 0 Å². The molecular weight excluding hydrogens is 260 g/mol. The Hall–Kier alpha value is -1.73. The molecule has 1 aliphatic heterocycles. The van der Waals surface area contributed by atoms with Crippen molar-refractivity contribution in [1.29, 1.82) is 0 Å². The monoisotopic (exact) mass is 273 g/mol. The maximum atomic E-state index is 12.0. The largest absolute Gasteiger partial charge is 0.435 e. The maximum absolute atomic E-state index is 12.0. The number of aliphatic hydroxyl groups is 2. The van der Waals surface area contributed by atoms with E-state index in [1.54, 1.807) is 0 Å². The number of ether oxygens (including phenoxy) is 1. The lowest BCUT2D eigenvalue weighted by Gasteiger charge is -2.15. The topological polar surface area (TPSA) is 70.0 Å². The summed E-state index contributed by atoms with van der Waals surface area (Å²) in [6, 6.07) is 5.25. The molecule has 2 N–H and O–H groups in total. The van der Waals surface area contributed by atoms with E-state index in [0.717, 1.165) is 0 Å². The van der Waals surface area contributed by atoms with Crippen molar-refractivity contribution in [2.45, 2.75) is 18.8 Å². The zero-order valence-electron chi connectivity index (χ0n) is 9.87. The third-order valence-corrected chi connectivity index (χ3v) is 2.87. The molecule has 19 heavy (non-hydrogen) atoms. The molecule has 2 atom stereocenters. The molecule has 7 heteroatoms. The minimum absolute atomic E-state index is 0.0342. The Bertz CT molecular complexity index is 442. The summed E-state index contributed by atoms with van der Waals surface area (Å²) in [6.07, 6.45) is -1.91. The van der Waals surface area contributed by atoms with Gasteiger partial charge in [-0.25, -0.2) is 0 Å². The highest BCUT2D eigenvalue weighted by Crippen LogP contribution is 2.18. The van der Waals surface area contributed by atoms with Gasteiger partial charge in [0.05, 0.1) is 12.2 Å². The molecule has 1 aromatic rings. The number of carbonyl (C=O) groups excluding carboxylic acids is 1. The number of carbonyl (C=O) groups is 1. The van der Waals surface area contributed by atoms with Gasteiger partial charge < -0.3 is 19.8 Å². The summed E-state index contributed by atoms with van der Waals surface area (Å²) < 4.78 is 28.1. The van der Waals surface area contributed by atoms with Gasteiger partial charge in [-0.15, -0.1) is 0 Å². The fraction of sp³-hybridized carbons (Fsp3) is 0.417. The maximum Gasteiger partial charge on any atom is 0.387 e. The van der Waals surface area contributed by atoms with E-state index in [-0.39, 0.29) is 30.3 Å². The zero-order chi connectivity index (χ0) is 14.0. The van der Waals surface area contributed by atoms with Crippen LogP contribution >= 0.6 is 0 Å². The molecule has 0 radical (unpaired) electrons. The molecule has 1 aromatic carbocycles. The van der Waals surface area contributed by atoms with E-state index < -0.39 is 18.8 Å². The second-order valence-electron chi connectivity index (χ2n) is 4.25. The van der Waals surface area contributed by atoms with Gasteiger partial charge >= 0.3 is 6.61 Å². The molecule has 1 amide bonds. The Morgan fingerprint density at radius 3 is 2.21 bits per heavy atom. The standard InChI is InChI=1S/C12H13F2NO4/c13-12(14)19-8-3-1-7(2-4-8)11(18)15-5-9(16)10(17)6-15/h1-4,9-10,12,16-17H,5-6H2. The average molecular weight is 273 g/mol. The highest BCUT2D eigenvalue weighted by molar-refractivity contribution is 5.94. The summed E-state index contributed by atoms with van der Waals surface area (Å²) in [5, 5.41) is 18.7. The predicted molar refractivity (Wildman–Crippen MR) is 61.0 cm³/mol. The second kappa shape index (κ2) is 5.50. The van der Waals surface area contributed by atoms with Crippen molar-refractivity contribution in [2.24, 2.45) is 0 Å². The predicted octanol–water partition coefficient (Wildman–Crippen LogP) is 0.466. The smallest absolute Gasteiger partial charge is 0.387 e. The van der Waals surface area contributed by atoms with Gasteiger partial charge in [-0.1, -0.05) is 0 Å². The summed E-state index contributed by atoms with van der Waals surface area (Å²) in [5.74, 6) is -0.410. The number of β-amino-alcohol motifs (C(OH)–C–C–N with tert-alkyl or cyclic N) is 2. The molecule has 1 fully saturated rings. The van der Waals surface area contributed by atoms with Crippen LogP contribution in [0.4, 0.5) is 8.78 Å². The van der Waals surface area contributed by atoms with Crippen LogP contribution in [0.15, 0.2) is 24.3 Å². The third kappa shape index (κ3) is 3.18. The molecule has 0 aromatic heterocycles. The first kappa shape index (κ1) is 13.7. The number of rotatable bonds is 3. The lowest BCUT2D eigenvalue weighted by atomic mass is 10.2. The van der Waals surface area contributed by atoms with E-state index in [4.69, 9.17) is 0 Å². The summed E-state index contributed by atoms with van der Waals surface area (Å²) >= 11 is 0. The summed E-state index contributed by atoms with van der Waals surface area (Å²) in [7, 11) is 0. The Kier molecular flexibility index (Phi) is 3.96. The van der Waals surface area contributed by atoms with E-state index in [1.807, 2.05) is 0 Å². The quantitative estimate of drug-likeness (QED) is 0.839. The first-order valence-electron chi connectivity index (χ1n) is 5.67. The van der Waals surface area contributed by atoms with Crippen LogP contribution in [0, 0.1) is 0 Å². The van der Waals surface area contributed by atoms with Crippen molar-refractivity contribution in [3.8, 4) is 5.75 Å². The molecule has 5 nitrogen and oxygen atoms in total. The van der Waals surface area contributed by atoms with Crippen LogP contribution in [0.1, 0.15) is 10.4 Å². The van der Waals surface area contributed by atoms with Gasteiger partial charge in [-0.3, -0.25) is 4.79 Å².